The van der Waals surface area contributed by atoms with Crippen molar-refractivity contribution in [2.75, 3.05) is 13.2 Å². The first kappa shape index (κ1) is 23.7. The van der Waals surface area contributed by atoms with E-state index in [9.17, 15) is 25.2 Å². The molecule has 6 heterocycles. The van der Waals surface area contributed by atoms with Crippen molar-refractivity contribution in [3.05, 3.63) is 11.1 Å². The molecule has 5 saturated heterocycles. The van der Waals surface area contributed by atoms with E-state index < -0.39 is 60.2 Å². The van der Waals surface area contributed by atoms with Crippen LogP contribution in [0.2, 0.25) is 0 Å². The largest absolute Gasteiger partial charge is 0.458 e. The number of fused-ring (bicyclic) bond motifs is 2. The first-order valence-corrected chi connectivity index (χ1v) is 13.5. The van der Waals surface area contributed by atoms with Crippen molar-refractivity contribution in [3.63, 3.8) is 0 Å². The molecule has 9 rings (SSSR count). The number of cyclic esters (lactones) is 1. The Morgan fingerprint density at radius 1 is 1.08 bits per heavy atom. The summed E-state index contributed by atoms with van der Waals surface area (Å²) < 4.78 is 37.7. The minimum absolute atomic E-state index is 0.00668. The molecule has 11 nitrogen and oxygen atoms in total. The van der Waals surface area contributed by atoms with Gasteiger partial charge < -0.3 is 48.8 Å². The number of esters is 1. The summed E-state index contributed by atoms with van der Waals surface area (Å²) in [4.78, 5) is 12.4. The third-order valence-electron chi connectivity index (χ3n) is 11.2. The molecule has 204 valence electrons. The zero-order chi connectivity index (χ0) is 25.9. The Balaban J connectivity index is 1.20. The molecule has 2 spiro atoms. The monoisotopic (exact) mass is 522 g/mol. The minimum atomic E-state index is -1.55. The molecular weight excluding hydrogens is 488 g/mol. The molecule has 0 aromatic rings. The van der Waals surface area contributed by atoms with Gasteiger partial charge in [0.25, 0.3) is 0 Å². The highest BCUT2D eigenvalue weighted by molar-refractivity contribution is 5.92. The number of epoxide rings is 2. The van der Waals surface area contributed by atoms with Gasteiger partial charge in [0.05, 0.1) is 12.7 Å². The van der Waals surface area contributed by atoms with Crippen LogP contribution in [-0.2, 0) is 33.2 Å². The lowest BCUT2D eigenvalue weighted by atomic mass is 9.42. The summed E-state index contributed by atoms with van der Waals surface area (Å²) in [6.45, 7) is 6.09. The van der Waals surface area contributed by atoms with E-state index in [1.165, 1.54) is 0 Å². The van der Waals surface area contributed by atoms with Gasteiger partial charge in [0.1, 0.15) is 66.1 Å². The molecule has 0 aromatic heterocycles. The van der Waals surface area contributed by atoms with Crippen LogP contribution in [0.1, 0.15) is 40.0 Å². The maximum Gasteiger partial charge on any atom is 0.334 e. The lowest BCUT2D eigenvalue weighted by molar-refractivity contribution is -0.399. The number of aliphatic hydroxyl groups excluding tert-OH is 4. The topological polar surface area (TPSA) is 160 Å². The Kier molecular flexibility index (Phi) is 4.45. The molecule has 0 radical (unpaired) electrons. The number of hydrogen-bond acceptors (Lipinski definition) is 11. The van der Waals surface area contributed by atoms with Crippen molar-refractivity contribution in [2.45, 2.75) is 112 Å². The van der Waals surface area contributed by atoms with Crippen molar-refractivity contribution in [1.82, 2.24) is 0 Å². The van der Waals surface area contributed by atoms with Gasteiger partial charge in [-0.3, -0.25) is 0 Å². The van der Waals surface area contributed by atoms with Gasteiger partial charge in [-0.2, -0.15) is 0 Å². The SMILES string of the molecule is CC(C)[C@]12O[C@H]1[C@@H]1O[C@@]13[C@@]1(C)CCC4=C(COC4=O)[C@@H]1C1C[C@@]3(O1)[C@@H]2O[C@@H]1OC(CO)[C@H](O)C(O)C1O. The zero-order valence-corrected chi connectivity index (χ0v) is 21.0. The number of carbonyl (C=O) groups is 1. The van der Waals surface area contributed by atoms with Crippen LogP contribution >= 0.6 is 0 Å². The fraction of sp³-hybridized carbons (Fsp3) is 0.885. The van der Waals surface area contributed by atoms with E-state index in [0.29, 0.717) is 19.4 Å². The summed E-state index contributed by atoms with van der Waals surface area (Å²) in [5.74, 6) is -0.206. The van der Waals surface area contributed by atoms with Gasteiger partial charge in [-0.15, -0.1) is 0 Å². The van der Waals surface area contributed by atoms with Crippen LogP contribution < -0.4 is 0 Å². The first-order valence-electron chi connectivity index (χ1n) is 13.5. The van der Waals surface area contributed by atoms with Crippen LogP contribution in [0, 0.1) is 17.3 Å². The summed E-state index contributed by atoms with van der Waals surface area (Å²) in [6.07, 6.45) is -6.18. The van der Waals surface area contributed by atoms with Gasteiger partial charge >= 0.3 is 5.97 Å². The lowest BCUT2D eigenvalue weighted by Crippen LogP contribution is -2.84. The van der Waals surface area contributed by atoms with Crippen LogP contribution in [0.5, 0.6) is 0 Å². The summed E-state index contributed by atoms with van der Waals surface area (Å²) >= 11 is 0. The van der Waals surface area contributed by atoms with Crippen LogP contribution in [-0.4, -0.2) is 112 Å². The second-order valence-corrected chi connectivity index (χ2v) is 12.8. The molecule has 2 saturated carbocycles. The van der Waals surface area contributed by atoms with Crippen molar-refractivity contribution < 1.29 is 53.6 Å². The van der Waals surface area contributed by atoms with E-state index in [0.717, 1.165) is 17.6 Å². The molecule has 14 atom stereocenters. The number of rotatable bonds is 4. The molecule has 7 fully saturated rings. The molecule has 4 N–H and O–H groups in total. The Hall–Kier alpha value is -1.15. The average Bonchev–Trinajstić information content (AvgIpc) is 3.73. The molecule has 3 aliphatic carbocycles. The van der Waals surface area contributed by atoms with Gasteiger partial charge in [0, 0.05) is 23.3 Å². The van der Waals surface area contributed by atoms with Gasteiger partial charge in [0.15, 0.2) is 6.29 Å². The van der Waals surface area contributed by atoms with E-state index in [4.69, 9.17) is 28.4 Å². The fourth-order valence-electron chi connectivity index (χ4n) is 9.39. The number of carbonyl (C=O) groups excluding carboxylic acids is 1. The smallest absolute Gasteiger partial charge is 0.334 e. The predicted octanol–water partition coefficient (Wildman–Crippen LogP) is -1.07. The highest BCUT2D eigenvalue weighted by Gasteiger charge is 2.98. The maximum atomic E-state index is 12.4. The second-order valence-electron chi connectivity index (χ2n) is 12.8. The van der Waals surface area contributed by atoms with Crippen LogP contribution in [0.3, 0.4) is 0 Å². The van der Waals surface area contributed by atoms with E-state index in [1.54, 1.807) is 0 Å². The zero-order valence-electron chi connectivity index (χ0n) is 21.0. The third kappa shape index (κ3) is 2.37. The van der Waals surface area contributed by atoms with E-state index in [-0.39, 0.29) is 41.5 Å². The molecule has 9 aliphatic rings. The van der Waals surface area contributed by atoms with Crippen LogP contribution in [0.25, 0.3) is 0 Å². The Morgan fingerprint density at radius 2 is 1.84 bits per heavy atom. The number of hydrogen-bond donors (Lipinski definition) is 4. The predicted molar refractivity (Wildman–Crippen MR) is 120 cm³/mol. The Morgan fingerprint density at radius 3 is 2.54 bits per heavy atom. The standard InChI is InChI=1S/C26H34O11/c1-9(2)25-18(36-25)19-26(37-19)23(3)5-4-10-11(8-32-20(10)31)14(23)12-6-24(26,35-12)22(25)34-21-17(30)16(29)15(28)13(7-27)33-21/h9,12-19,21-22,27-30H,4-8H2,1-3H3/t12?,13?,14-,15+,16?,17?,18+,19+,21+,22+,23+,24-,25+,26-/m1/s1. The van der Waals surface area contributed by atoms with Crippen molar-refractivity contribution in [1.29, 1.82) is 0 Å². The van der Waals surface area contributed by atoms with E-state index in [2.05, 4.69) is 20.8 Å². The van der Waals surface area contributed by atoms with Gasteiger partial charge in [-0.25, -0.2) is 4.79 Å². The maximum absolute atomic E-state index is 12.4. The molecule has 0 amide bonds. The van der Waals surface area contributed by atoms with Crippen molar-refractivity contribution in [2.24, 2.45) is 17.3 Å². The highest BCUT2D eigenvalue weighted by atomic mass is 16.8. The van der Waals surface area contributed by atoms with E-state index >= 15 is 0 Å². The molecule has 2 bridgehead atoms. The van der Waals surface area contributed by atoms with Crippen molar-refractivity contribution in [3.8, 4) is 0 Å². The van der Waals surface area contributed by atoms with Crippen molar-refractivity contribution >= 4 is 5.97 Å². The lowest BCUT2D eigenvalue weighted by Gasteiger charge is -2.71. The molecule has 4 unspecified atom stereocenters. The Labute approximate surface area is 213 Å². The second kappa shape index (κ2) is 6.94. The third-order valence-corrected chi connectivity index (χ3v) is 11.2. The number of ether oxygens (including phenoxy) is 6. The molecule has 11 heteroatoms. The summed E-state index contributed by atoms with van der Waals surface area (Å²) in [5, 5.41) is 41.2. The average molecular weight is 523 g/mol. The van der Waals surface area contributed by atoms with Gasteiger partial charge in [0.2, 0.25) is 0 Å². The quantitative estimate of drug-likeness (QED) is 0.263. The van der Waals surface area contributed by atoms with Crippen LogP contribution in [0.4, 0.5) is 0 Å². The minimum Gasteiger partial charge on any atom is -0.458 e. The molecule has 0 aromatic carbocycles. The van der Waals surface area contributed by atoms with E-state index in [1.807, 2.05) is 0 Å². The summed E-state index contributed by atoms with van der Waals surface area (Å²) in [6, 6.07) is 0. The van der Waals surface area contributed by atoms with Gasteiger partial charge in [-0.05, 0) is 24.3 Å². The molecular formula is C26H34O11. The Bertz CT molecular complexity index is 1100. The van der Waals surface area contributed by atoms with Crippen LogP contribution in [0.15, 0.2) is 11.1 Å². The molecule has 6 aliphatic heterocycles. The van der Waals surface area contributed by atoms with Gasteiger partial charge in [-0.1, -0.05) is 20.8 Å². The fourth-order valence-corrected chi connectivity index (χ4v) is 9.39. The first-order chi connectivity index (χ1) is 17.6. The molecule has 37 heavy (non-hydrogen) atoms. The highest BCUT2D eigenvalue weighted by Crippen LogP contribution is 2.82. The normalized spacial score (nSPS) is 60.5. The summed E-state index contributed by atoms with van der Waals surface area (Å²) in [7, 11) is 0. The summed E-state index contributed by atoms with van der Waals surface area (Å²) in [5.41, 5.74) is -0.832. The number of aliphatic hydroxyl groups is 4.